The van der Waals surface area contributed by atoms with Crippen molar-refractivity contribution in [3.63, 3.8) is 0 Å². The molecule has 0 spiro atoms. The van der Waals surface area contributed by atoms with Crippen molar-refractivity contribution in [2.45, 2.75) is 38.6 Å². The second-order valence-corrected chi connectivity index (χ2v) is 7.30. The number of rotatable bonds is 8. The Morgan fingerprint density at radius 2 is 1.71 bits per heavy atom. The van der Waals surface area contributed by atoms with Gasteiger partial charge in [0.05, 0.1) is 6.20 Å². The normalized spacial score (nSPS) is 15.1. The highest BCUT2D eigenvalue weighted by Crippen LogP contribution is 2.19. The van der Waals surface area contributed by atoms with Crippen molar-refractivity contribution < 1.29 is 9.59 Å². The molecule has 0 bridgehead atoms. The number of carbonyl (C=O) groups excluding carboxylic acids is 2. The Kier molecular flexibility index (Phi) is 7.19. The van der Waals surface area contributed by atoms with Gasteiger partial charge in [-0.1, -0.05) is 25.0 Å². The van der Waals surface area contributed by atoms with E-state index in [0.29, 0.717) is 18.7 Å². The van der Waals surface area contributed by atoms with Gasteiger partial charge in [-0.15, -0.1) is 0 Å². The monoisotopic (exact) mass is 383 g/mol. The third-order valence-corrected chi connectivity index (χ3v) is 5.11. The van der Waals surface area contributed by atoms with E-state index in [1.54, 1.807) is 10.9 Å². The highest BCUT2D eigenvalue weighted by Gasteiger charge is 2.10. The summed E-state index contributed by atoms with van der Waals surface area (Å²) < 4.78 is 1.70. The molecule has 150 valence electrons. The molecule has 28 heavy (non-hydrogen) atoms. The van der Waals surface area contributed by atoms with Crippen molar-refractivity contribution in [3.8, 4) is 11.1 Å². The first-order valence-electron chi connectivity index (χ1n) is 10.0. The number of aromatic nitrogens is 2. The van der Waals surface area contributed by atoms with Crippen LogP contribution in [0.4, 0.5) is 0 Å². The van der Waals surface area contributed by atoms with Gasteiger partial charge >= 0.3 is 0 Å². The summed E-state index contributed by atoms with van der Waals surface area (Å²) in [6.07, 6.45) is 9.04. The summed E-state index contributed by atoms with van der Waals surface area (Å²) in [7, 11) is 0. The van der Waals surface area contributed by atoms with Crippen LogP contribution >= 0.6 is 0 Å². The lowest BCUT2D eigenvalue weighted by Crippen LogP contribution is -2.35. The predicted molar refractivity (Wildman–Crippen MR) is 109 cm³/mol. The van der Waals surface area contributed by atoms with Gasteiger partial charge in [0.25, 0.3) is 5.91 Å². The summed E-state index contributed by atoms with van der Waals surface area (Å²) >= 11 is 0. The largest absolute Gasteiger partial charge is 0.370 e. The number of hydrogen-bond donors (Lipinski definition) is 2. The minimum atomic E-state index is -0.344. The molecule has 2 amide bonds. The molecule has 0 radical (unpaired) electrons. The molecule has 7 nitrogen and oxygen atoms in total. The predicted octanol–water partition coefficient (Wildman–Crippen LogP) is 2.03. The first-order valence-corrected chi connectivity index (χ1v) is 10.0. The Bertz CT molecular complexity index is 776. The number of hydrogen-bond acceptors (Lipinski definition) is 4. The van der Waals surface area contributed by atoms with Gasteiger partial charge in [-0.25, -0.2) is 0 Å². The molecule has 1 fully saturated rings. The molecule has 1 aromatic carbocycles. The van der Waals surface area contributed by atoms with Crippen molar-refractivity contribution >= 4 is 11.8 Å². The van der Waals surface area contributed by atoms with E-state index in [1.165, 1.54) is 25.7 Å². The van der Waals surface area contributed by atoms with Crippen molar-refractivity contribution in [2.24, 2.45) is 5.73 Å². The van der Waals surface area contributed by atoms with Gasteiger partial charge in [-0.2, -0.15) is 5.10 Å². The van der Waals surface area contributed by atoms with Crippen LogP contribution in [0.3, 0.4) is 0 Å². The van der Waals surface area contributed by atoms with E-state index in [0.717, 1.165) is 30.8 Å². The summed E-state index contributed by atoms with van der Waals surface area (Å²) in [5, 5.41) is 7.26. The van der Waals surface area contributed by atoms with Gasteiger partial charge in [0.15, 0.2) is 0 Å². The number of amides is 2. The van der Waals surface area contributed by atoms with Crippen molar-refractivity contribution in [1.82, 2.24) is 20.0 Å². The lowest BCUT2D eigenvalue weighted by molar-refractivity contribution is -0.118. The molecule has 3 rings (SSSR count). The summed E-state index contributed by atoms with van der Waals surface area (Å²) in [6.45, 7) is 4.32. The van der Waals surface area contributed by atoms with Gasteiger partial charge in [0.2, 0.25) is 5.91 Å². The second-order valence-electron chi connectivity index (χ2n) is 7.30. The Morgan fingerprint density at radius 1 is 1.00 bits per heavy atom. The fraction of sp³-hybridized carbons (Fsp3) is 0.476. The average molecular weight is 383 g/mol. The maximum Gasteiger partial charge on any atom is 0.251 e. The van der Waals surface area contributed by atoms with Gasteiger partial charge in [0, 0.05) is 43.4 Å². The van der Waals surface area contributed by atoms with Crippen LogP contribution in [0.15, 0.2) is 36.7 Å². The first kappa shape index (κ1) is 20.1. The molecule has 1 saturated heterocycles. The number of carbonyl (C=O) groups is 2. The minimum absolute atomic E-state index is 0.0430. The highest BCUT2D eigenvalue weighted by molar-refractivity contribution is 5.94. The summed E-state index contributed by atoms with van der Waals surface area (Å²) in [5.41, 5.74) is 7.74. The van der Waals surface area contributed by atoms with E-state index in [9.17, 15) is 9.59 Å². The van der Waals surface area contributed by atoms with Crippen molar-refractivity contribution in [2.75, 3.05) is 26.2 Å². The average Bonchev–Trinajstić information content (AvgIpc) is 3.02. The van der Waals surface area contributed by atoms with Gasteiger partial charge in [-0.05, 0) is 43.6 Å². The van der Waals surface area contributed by atoms with Crippen LogP contribution in [-0.4, -0.2) is 52.7 Å². The summed E-state index contributed by atoms with van der Waals surface area (Å²) in [5.74, 6) is -0.387. The number of aryl methyl sites for hydroxylation is 1. The molecule has 1 aliphatic rings. The Balaban J connectivity index is 1.49. The molecule has 7 heteroatoms. The van der Waals surface area contributed by atoms with Crippen LogP contribution in [0.25, 0.3) is 11.1 Å². The Hall–Kier alpha value is -2.67. The third kappa shape index (κ3) is 5.92. The maximum atomic E-state index is 12.4. The molecule has 1 aliphatic heterocycles. The molecule has 0 saturated carbocycles. The fourth-order valence-corrected chi connectivity index (χ4v) is 3.46. The molecule has 0 atom stereocenters. The Morgan fingerprint density at radius 3 is 2.39 bits per heavy atom. The number of primary amides is 1. The zero-order valence-electron chi connectivity index (χ0n) is 16.3. The van der Waals surface area contributed by atoms with Gasteiger partial charge in [-0.3, -0.25) is 14.3 Å². The highest BCUT2D eigenvalue weighted by atomic mass is 16.2. The van der Waals surface area contributed by atoms with Crippen LogP contribution in [0, 0.1) is 0 Å². The maximum absolute atomic E-state index is 12.4. The molecule has 0 aliphatic carbocycles. The molecule has 3 N–H and O–H groups in total. The van der Waals surface area contributed by atoms with E-state index in [2.05, 4.69) is 15.3 Å². The van der Waals surface area contributed by atoms with E-state index in [1.807, 2.05) is 30.5 Å². The van der Waals surface area contributed by atoms with E-state index < -0.39 is 0 Å². The lowest BCUT2D eigenvalue weighted by atomic mass is 10.1. The van der Waals surface area contributed by atoms with Crippen molar-refractivity contribution in [3.05, 3.63) is 42.2 Å². The van der Waals surface area contributed by atoms with Crippen LogP contribution < -0.4 is 11.1 Å². The van der Waals surface area contributed by atoms with E-state index >= 15 is 0 Å². The number of nitrogens with one attached hydrogen (secondary N) is 1. The Labute approximate surface area is 165 Å². The van der Waals surface area contributed by atoms with Crippen LogP contribution in [-0.2, 0) is 11.3 Å². The molecular weight excluding hydrogens is 354 g/mol. The number of nitrogens with two attached hydrogens (primary N) is 1. The van der Waals surface area contributed by atoms with Crippen LogP contribution in [0.2, 0.25) is 0 Å². The van der Waals surface area contributed by atoms with Gasteiger partial charge < -0.3 is 16.0 Å². The SMILES string of the molecule is NC(=O)CCn1cc(-c2ccc(C(=O)NCCN3CCCCCC3)cc2)cn1. The minimum Gasteiger partial charge on any atom is -0.370 e. The van der Waals surface area contributed by atoms with Crippen LogP contribution in [0.5, 0.6) is 0 Å². The third-order valence-electron chi connectivity index (χ3n) is 5.11. The standard InChI is InChI=1S/C21H29N5O2/c22-20(27)9-13-26-16-19(15-24-26)17-5-7-18(8-6-17)21(28)23-10-14-25-11-3-1-2-4-12-25/h5-8,15-16H,1-4,9-14H2,(H2,22,27)(H,23,28). The van der Waals surface area contributed by atoms with Crippen molar-refractivity contribution in [1.29, 1.82) is 0 Å². The van der Waals surface area contributed by atoms with E-state index in [-0.39, 0.29) is 18.2 Å². The zero-order chi connectivity index (χ0) is 19.8. The molecule has 0 unspecified atom stereocenters. The number of nitrogens with zero attached hydrogens (tertiary/aromatic N) is 3. The summed E-state index contributed by atoms with van der Waals surface area (Å²) in [6, 6.07) is 7.49. The topological polar surface area (TPSA) is 93.2 Å². The molecule has 1 aromatic heterocycles. The van der Waals surface area contributed by atoms with E-state index in [4.69, 9.17) is 5.73 Å². The molecule has 2 aromatic rings. The summed E-state index contributed by atoms with van der Waals surface area (Å²) in [4.78, 5) is 25.7. The second kappa shape index (κ2) is 10.0. The quantitative estimate of drug-likeness (QED) is 0.729. The van der Waals surface area contributed by atoms with Crippen LogP contribution in [0.1, 0.15) is 42.5 Å². The lowest BCUT2D eigenvalue weighted by Gasteiger charge is -2.19. The molecule has 2 heterocycles. The van der Waals surface area contributed by atoms with Gasteiger partial charge in [0.1, 0.15) is 0 Å². The first-order chi connectivity index (χ1) is 13.6. The zero-order valence-corrected chi connectivity index (χ0v) is 16.3. The molecular formula is C21H29N5O2. The fourth-order valence-electron chi connectivity index (χ4n) is 3.46. The number of benzene rings is 1. The number of likely N-dealkylation sites (tertiary alicyclic amines) is 1. The smallest absolute Gasteiger partial charge is 0.251 e.